The van der Waals surface area contributed by atoms with Crippen LogP contribution in [0, 0.1) is 11.3 Å². The van der Waals surface area contributed by atoms with E-state index in [4.69, 9.17) is 4.74 Å². The molecule has 4 aromatic rings. The van der Waals surface area contributed by atoms with Crippen molar-refractivity contribution in [3.8, 4) is 5.75 Å². The van der Waals surface area contributed by atoms with E-state index in [2.05, 4.69) is 94.7 Å². The molecule has 2 heterocycles. The Morgan fingerprint density at radius 1 is 0.896 bits per heavy atom. The van der Waals surface area contributed by atoms with Crippen molar-refractivity contribution in [3.63, 3.8) is 0 Å². The molecule has 6 atom stereocenters. The SMILES string of the molecule is COc1ccc(CC2(CC(=O)O)CCCC[C@H]2N2C[C@@H](CN3CCC(c4cccc5ccccc45)CC3O)[C@@H](c3ccccc3)C2)cc1. The minimum absolute atomic E-state index is 0.182. The average molecular weight is 647 g/mol. The van der Waals surface area contributed by atoms with Crippen LogP contribution in [0.5, 0.6) is 5.75 Å². The van der Waals surface area contributed by atoms with Crippen LogP contribution in [0.3, 0.4) is 0 Å². The number of benzene rings is 4. The molecule has 1 saturated carbocycles. The van der Waals surface area contributed by atoms with Crippen molar-refractivity contribution in [2.24, 2.45) is 11.3 Å². The molecule has 48 heavy (non-hydrogen) atoms. The number of likely N-dealkylation sites (tertiary alicyclic amines) is 2. The number of aliphatic carboxylic acids is 1. The molecule has 4 aromatic carbocycles. The smallest absolute Gasteiger partial charge is 0.303 e. The Morgan fingerprint density at radius 2 is 1.67 bits per heavy atom. The van der Waals surface area contributed by atoms with E-state index in [1.807, 2.05) is 12.1 Å². The van der Waals surface area contributed by atoms with Gasteiger partial charge in [0.15, 0.2) is 0 Å². The highest BCUT2D eigenvalue weighted by atomic mass is 16.5. The molecule has 0 spiro atoms. The molecule has 3 fully saturated rings. The summed E-state index contributed by atoms with van der Waals surface area (Å²) in [6.45, 7) is 3.56. The lowest BCUT2D eigenvalue weighted by molar-refractivity contribution is -0.142. The predicted octanol–water partition coefficient (Wildman–Crippen LogP) is 7.71. The summed E-state index contributed by atoms with van der Waals surface area (Å²) in [5.74, 6) is 1.14. The number of ether oxygens (including phenoxy) is 1. The van der Waals surface area contributed by atoms with Crippen LogP contribution < -0.4 is 4.74 Å². The van der Waals surface area contributed by atoms with Gasteiger partial charge in [-0.25, -0.2) is 0 Å². The van der Waals surface area contributed by atoms with Crippen LogP contribution in [0.15, 0.2) is 97.1 Å². The normalized spacial score (nSPS) is 28.4. The fourth-order valence-electron chi connectivity index (χ4n) is 9.60. The molecular formula is C42H50N2O4. The molecule has 6 nitrogen and oxygen atoms in total. The summed E-state index contributed by atoms with van der Waals surface area (Å²) in [6.07, 6.45) is 6.38. The Balaban J connectivity index is 1.12. The van der Waals surface area contributed by atoms with Crippen LogP contribution in [-0.4, -0.2) is 71.5 Å². The van der Waals surface area contributed by atoms with E-state index in [-0.39, 0.29) is 17.9 Å². The third-order valence-electron chi connectivity index (χ3n) is 11.9. The van der Waals surface area contributed by atoms with Crippen molar-refractivity contribution in [1.29, 1.82) is 0 Å². The number of nitrogens with zero attached hydrogens (tertiary/aromatic N) is 2. The molecule has 0 aromatic heterocycles. The van der Waals surface area contributed by atoms with Crippen molar-refractivity contribution in [2.75, 3.05) is 33.3 Å². The lowest BCUT2D eigenvalue weighted by atomic mass is 9.64. The van der Waals surface area contributed by atoms with Crippen LogP contribution >= 0.6 is 0 Å². The lowest BCUT2D eigenvalue weighted by Gasteiger charge is -2.48. The van der Waals surface area contributed by atoms with Gasteiger partial charge in [0, 0.05) is 43.6 Å². The third-order valence-corrected chi connectivity index (χ3v) is 11.9. The second kappa shape index (κ2) is 14.4. The highest BCUT2D eigenvalue weighted by Crippen LogP contribution is 2.48. The van der Waals surface area contributed by atoms with Crippen molar-refractivity contribution in [1.82, 2.24) is 9.80 Å². The molecule has 6 heteroatoms. The first kappa shape index (κ1) is 32.8. The first-order chi connectivity index (χ1) is 23.4. The molecule has 3 aliphatic rings. The largest absolute Gasteiger partial charge is 0.497 e. The number of aliphatic hydroxyl groups is 1. The van der Waals surface area contributed by atoms with Gasteiger partial charge < -0.3 is 14.9 Å². The fourth-order valence-corrected chi connectivity index (χ4v) is 9.60. The Bertz CT molecular complexity index is 1670. The van der Waals surface area contributed by atoms with E-state index in [9.17, 15) is 15.0 Å². The minimum atomic E-state index is -0.706. The number of hydrogen-bond acceptors (Lipinski definition) is 5. The van der Waals surface area contributed by atoms with E-state index >= 15 is 0 Å². The van der Waals surface area contributed by atoms with E-state index in [1.165, 1.54) is 27.5 Å². The summed E-state index contributed by atoms with van der Waals surface area (Å²) in [5, 5.41) is 24.5. The van der Waals surface area contributed by atoms with Crippen molar-refractivity contribution in [2.45, 2.75) is 75.5 Å². The number of carboxylic acid groups (broad SMARTS) is 1. The van der Waals surface area contributed by atoms with Gasteiger partial charge in [0.2, 0.25) is 0 Å². The number of methoxy groups -OCH3 is 1. The number of carboxylic acids is 1. The number of rotatable bonds is 10. The van der Waals surface area contributed by atoms with Crippen LogP contribution in [0.25, 0.3) is 10.8 Å². The summed E-state index contributed by atoms with van der Waals surface area (Å²) >= 11 is 0. The zero-order valence-electron chi connectivity index (χ0n) is 28.2. The van der Waals surface area contributed by atoms with Gasteiger partial charge in [0.25, 0.3) is 0 Å². The van der Waals surface area contributed by atoms with Gasteiger partial charge in [-0.05, 0) is 83.5 Å². The highest BCUT2D eigenvalue weighted by molar-refractivity contribution is 5.86. The maximum Gasteiger partial charge on any atom is 0.303 e. The molecule has 0 bridgehead atoms. The summed E-state index contributed by atoms with van der Waals surface area (Å²) < 4.78 is 5.41. The zero-order chi connectivity index (χ0) is 33.1. The first-order valence-electron chi connectivity index (χ1n) is 18.0. The number of piperidine rings is 1. The molecule has 3 unspecified atom stereocenters. The van der Waals surface area contributed by atoms with E-state index in [0.29, 0.717) is 17.8 Å². The van der Waals surface area contributed by atoms with E-state index in [1.54, 1.807) is 7.11 Å². The van der Waals surface area contributed by atoms with Gasteiger partial charge in [-0.1, -0.05) is 97.8 Å². The number of hydrogen-bond donors (Lipinski definition) is 2. The summed E-state index contributed by atoms with van der Waals surface area (Å²) in [7, 11) is 1.68. The average Bonchev–Trinajstić information content (AvgIpc) is 3.53. The lowest BCUT2D eigenvalue weighted by Crippen LogP contribution is -2.51. The van der Waals surface area contributed by atoms with Gasteiger partial charge in [0.05, 0.1) is 13.5 Å². The Hall–Kier alpha value is -3.71. The maximum absolute atomic E-state index is 12.5. The van der Waals surface area contributed by atoms with Crippen molar-refractivity contribution < 1.29 is 19.7 Å². The minimum Gasteiger partial charge on any atom is -0.497 e. The Kier molecular flexibility index (Phi) is 9.85. The standard InChI is InChI=1S/C42H50N2O4/c1-48-35-19-17-30(18-20-35)25-42(26-41(46)47)22-8-7-16-39(42)44-28-34(38(29-44)32-10-3-2-4-11-32)27-43-23-21-33(24-40(43)45)37-15-9-13-31-12-5-6-14-36(31)37/h2-6,9-15,17-20,33-34,38-40,45H,7-8,16,21-29H2,1H3,(H,46,47)/t33?,34-,38-,39-,40?,42?/m1/s1. The molecule has 7 rings (SSSR count). The van der Waals surface area contributed by atoms with E-state index < -0.39 is 12.2 Å². The quantitative estimate of drug-likeness (QED) is 0.184. The van der Waals surface area contributed by atoms with Crippen molar-refractivity contribution in [3.05, 3.63) is 114 Å². The van der Waals surface area contributed by atoms with Gasteiger partial charge in [-0.3, -0.25) is 14.6 Å². The summed E-state index contributed by atoms with van der Waals surface area (Å²) in [6, 6.07) is 34.4. The summed E-state index contributed by atoms with van der Waals surface area (Å²) in [4.78, 5) is 17.5. The molecule has 2 saturated heterocycles. The van der Waals surface area contributed by atoms with Gasteiger partial charge in [-0.2, -0.15) is 0 Å². The number of fused-ring (bicyclic) bond motifs is 1. The van der Waals surface area contributed by atoms with Crippen molar-refractivity contribution >= 4 is 16.7 Å². The van der Waals surface area contributed by atoms with E-state index in [0.717, 1.165) is 76.9 Å². The molecule has 0 radical (unpaired) electrons. The van der Waals surface area contributed by atoms with Crippen LogP contribution in [0.2, 0.25) is 0 Å². The van der Waals surface area contributed by atoms with Crippen LogP contribution in [-0.2, 0) is 11.2 Å². The summed E-state index contributed by atoms with van der Waals surface area (Å²) in [5.41, 5.74) is 3.55. The first-order valence-corrected chi connectivity index (χ1v) is 18.0. The maximum atomic E-state index is 12.5. The number of carbonyl (C=O) groups is 1. The Morgan fingerprint density at radius 3 is 2.44 bits per heavy atom. The zero-order valence-corrected chi connectivity index (χ0v) is 28.2. The number of aliphatic hydroxyl groups excluding tert-OH is 1. The van der Waals surface area contributed by atoms with Gasteiger partial charge in [-0.15, -0.1) is 0 Å². The monoisotopic (exact) mass is 646 g/mol. The second-order valence-electron chi connectivity index (χ2n) is 14.7. The molecule has 2 N–H and O–H groups in total. The second-order valence-corrected chi connectivity index (χ2v) is 14.7. The molecule has 0 amide bonds. The topological polar surface area (TPSA) is 73.2 Å². The van der Waals surface area contributed by atoms with Gasteiger partial charge in [0.1, 0.15) is 12.0 Å². The predicted molar refractivity (Wildman–Crippen MR) is 191 cm³/mol. The molecular weight excluding hydrogens is 596 g/mol. The molecule has 252 valence electrons. The van der Waals surface area contributed by atoms with Crippen LogP contribution in [0.1, 0.15) is 73.5 Å². The third kappa shape index (κ3) is 6.89. The Labute approximate surface area is 285 Å². The molecule has 1 aliphatic carbocycles. The van der Waals surface area contributed by atoms with Gasteiger partial charge >= 0.3 is 5.97 Å². The van der Waals surface area contributed by atoms with Crippen LogP contribution in [0.4, 0.5) is 0 Å². The fraction of sp³-hybridized carbons (Fsp3) is 0.452. The highest BCUT2D eigenvalue weighted by Gasteiger charge is 2.49. The molecule has 2 aliphatic heterocycles.